The molecular formula is C21H22ClN3O4. The van der Waals surface area contributed by atoms with Gasteiger partial charge in [0.15, 0.2) is 17.7 Å². The van der Waals surface area contributed by atoms with Crippen LogP contribution in [0.3, 0.4) is 0 Å². The summed E-state index contributed by atoms with van der Waals surface area (Å²) < 4.78 is 16.2. The highest BCUT2D eigenvalue weighted by Crippen LogP contribution is 2.44. The second-order valence-electron chi connectivity index (χ2n) is 6.69. The second kappa shape index (κ2) is 7.83. The zero-order valence-electron chi connectivity index (χ0n) is 16.5. The van der Waals surface area contributed by atoms with E-state index in [0.717, 1.165) is 23.2 Å². The molecule has 29 heavy (non-hydrogen) atoms. The number of hydrogen-bond acceptors (Lipinski definition) is 7. The summed E-state index contributed by atoms with van der Waals surface area (Å²) in [5.74, 6) is 1.18. The Morgan fingerprint density at radius 3 is 2.52 bits per heavy atom. The minimum absolute atomic E-state index is 0.291. The number of anilines is 1. The van der Waals surface area contributed by atoms with Crippen molar-refractivity contribution < 1.29 is 19.0 Å². The van der Waals surface area contributed by atoms with Gasteiger partial charge in [0.05, 0.1) is 26.5 Å². The lowest BCUT2D eigenvalue weighted by atomic mass is 9.95. The number of amidine groups is 1. The number of ether oxygens (including phenoxy) is 3. The number of fused-ring (bicyclic) bond motifs is 3. The van der Waals surface area contributed by atoms with Crippen molar-refractivity contribution in [3.63, 3.8) is 0 Å². The van der Waals surface area contributed by atoms with Gasteiger partial charge in [0.1, 0.15) is 0 Å². The molecule has 1 unspecified atom stereocenters. The Morgan fingerprint density at radius 2 is 1.86 bits per heavy atom. The average Bonchev–Trinajstić information content (AvgIpc) is 3.13. The monoisotopic (exact) mass is 415 g/mol. The lowest BCUT2D eigenvalue weighted by Crippen LogP contribution is -2.43. The largest absolute Gasteiger partial charge is 0.493 e. The predicted molar refractivity (Wildman–Crippen MR) is 111 cm³/mol. The molecule has 8 heteroatoms. The van der Waals surface area contributed by atoms with Gasteiger partial charge in [-0.15, -0.1) is 5.10 Å². The molecule has 0 fully saturated rings. The molecule has 0 aliphatic carbocycles. The molecule has 0 N–H and O–H groups in total. The molecule has 0 saturated carbocycles. The van der Waals surface area contributed by atoms with E-state index < -0.39 is 5.97 Å². The number of rotatable bonds is 5. The average molecular weight is 416 g/mol. The fourth-order valence-corrected chi connectivity index (χ4v) is 3.90. The maximum Gasteiger partial charge on any atom is 0.376 e. The first kappa shape index (κ1) is 19.4. The van der Waals surface area contributed by atoms with Crippen LogP contribution < -0.4 is 14.5 Å². The fraction of sp³-hybridized carbons (Fsp3) is 0.333. The molecule has 0 spiro atoms. The second-order valence-corrected chi connectivity index (χ2v) is 7.12. The Balaban J connectivity index is 1.83. The van der Waals surface area contributed by atoms with Crippen LogP contribution in [-0.2, 0) is 16.0 Å². The summed E-state index contributed by atoms with van der Waals surface area (Å²) in [6.45, 7) is 2.71. The van der Waals surface area contributed by atoms with Gasteiger partial charge < -0.3 is 19.1 Å². The van der Waals surface area contributed by atoms with Crippen LogP contribution in [0.5, 0.6) is 11.5 Å². The van der Waals surface area contributed by atoms with Crippen LogP contribution in [-0.4, -0.2) is 44.1 Å². The van der Waals surface area contributed by atoms with E-state index in [9.17, 15) is 4.79 Å². The van der Waals surface area contributed by atoms with Crippen molar-refractivity contribution >= 4 is 29.1 Å². The van der Waals surface area contributed by atoms with E-state index in [1.807, 2.05) is 34.2 Å². The van der Waals surface area contributed by atoms with Gasteiger partial charge in [-0.3, -0.25) is 0 Å². The third-order valence-electron chi connectivity index (χ3n) is 5.10. The van der Waals surface area contributed by atoms with Crippen LogP contribution in [0.4, 0.5) is 5.69 Å². The number of nitrogens with zero attached hydrogens (tertiary/aromatic N) is 3. The Kier molecular flexibility index (Phi) is 5.24. The molecule has 7 nitrogen and oxygen atoms in total. The third-order valence-corrected chi connectivity index (χ3v) is 5.35. The molecular weight excluding hydrogens is 394 g/mol. The molecule has 0 saturated heterocycles. The molecule has 0 aromatic heterocycles. The van der Waals surface area contributed by atoms with Crippen LogP contribution >= 0.6 is 11.6 Å². The van der Waals surface area contributed by atoms with E-state index in [4.69, 9.17) is 25.8 Å². The lowest BCUT2D eigenvalue weighted by molar-refractivity contribution is -0.135. The molecule has 0 bridgehead atoms. The Bertz CT molecular complexity index is 961. The molecule has 152 valence electrons. The number of halogens is 1. The predicted octanol–water partition coefficient (Wildman–Crippen LogP) is 3.61. The maximum atomic E-state index is 12.6. The number of methoxy groups -OCH3 is 2. The van der Waals surface area contributed by atoms with Gasteiger partial charge in [-0.25, -0.2) is 9.80 Å². The highest BCUT2D eigenvalue weighted by molar-refractivity contribution is 6.36. The van der Waals surface area contributed by atoms with Gasteiger partial charge in [0.2, 0.25) is 5.84 Å². The zero-order valence-corrected chi connectivity index (χ0v) is 17.3. The zero-order chi connectivity index (χ0) is 20.5. The van der Waals surface area contributed by atoms with Crippen molar-refractivity contribution in [1.82, 2.24) is 4.90 Å². The SMILES string of the molecule is CCOC(=O)C1=NN(c2ccc(Cl)cc2)C2c3cc(OC)c(OC)cc3CCN12. The number of benzene rings is 2. The van der Waals surface area contributed by atoms with Crippen molar-refractivity contribution in [2.75, 3.05) is 32.4 Å². The van der Waals surface area contributed by atoms with Crippen LogP contribution in [0.25, 0.3) is 0 Å². The van der Waals surface area contributed by atoms with Gasteiger partial charge >= 0.3 is 5.97 Å². The van der Waals surface area contributed by atoms with Crippen LogP contribution in [0.15, 0.2) is 41.5 Å². The third kappa shape index (κ3) is 3.35. The van der Waals surface area contributed by atoms with E-state index >= 15 is 0 Å². The van der Waals surface area contributed by atoms with E-state index in [0.29, 0.717) is 35.5 Å². The lowest BCUT2D eigenvalue weighted by Gasteiger charge is -2.37. The number of esters is 1. The first-order valence-electron chi connectivity index (χ1n) is 9.39. The van der Waals surface area contributed by atoms with Crippen molar-refractivity contribution in [2.45, 2.75) is 19.5 Å². The van der Waals surface area contributed by atoms with Gasteiger partial charge in [-0.2, -0.15) is 0 Å². The number of hydrogen-bond donors (Lipinski definition) is 0. The van der Waals surface area contributed by atoms with Crippen molar-refractivity contribution in [3.05, 3.63) is 52.5 Å². The van der Waals surface area contributed by atoms with Gasteiger partial charge in [0, 0.05) is 17.1 Å². The summed E-state index contributed by atoms with van der Waals surface area (Å²) in [6, 6.07) is 11.3. The van der Waals surface area contributed by atoms with E-state index in [-0.39, 0.29) is 6.17 Å². The van der Waals surface area contributed by atoms with Crippen molar-refractivity contribution in [1.29, 1.82) is 0 Å². The normalized spacial score (nSPS) is 17.4. The molecule has 0 radical (unpaired) electrons. The summed E-state index contributed by atoms with van der Waals surface area (Å²) in [4.78, 5) is 14.6. The molecule has 2 aromatic carbocycles. The maximum absolute atomic E-state index is 12.6. The summed E-state index contributed by atoms with van der Waals surface area (Å²) in [7, 11) is 3.23. The Morgan fingerprint density at radius 1 is 1.17 bits per heavy atom. The van der Waals surface area contributed by atoms with Crippen molar-refractivity contribution in [3.8, 4) is 11.5 Å². The summed E-state index contributed by atoms with van der Waals surface area (Å²) >= 11 is 6.06. The highest BCUT2D eigenvalue weighted by atomic mass is 35.5. The minimum Gasteiger partial charge on any atom is -0.493 e. The van der Waals surface area contributed by atoms with E-state index in [1.165, 1.54) is 0 Å². The standard InChI is InChI=1S/C21H22ClN3O4/c1-4-29-21(26)19-23-25(15-7-5-14(22)6-8-15)20-16-12-18(28-3)17(27-2)11-13(16)9-10-24(19)20/h5-8,11-12,20H,4,9-10H2,1-3H3. The van der Waals surface area contributed by atoms with Gasteiger partial charge in [0.25, 0.3) is 0 Å². The Labute approximate surface area is 174 Å². The topological polar surface area (TPSA) is 63.6 Å². The minimum atomic E-state index is -0.433. The molecule has 0 amide bonds. The van der Waals surface area contributed by atoms with Crippen LogP contribution in [0.1, 0.15) is 24.2 Å². The summed E-state index contributed by atoms with van der Waals surface area (Å²) in [5, 5.41) is 7.09. The fourth-order valence-electron chi connectivity index (χ4n) is 3.77. The van der Waals surface area contributed by atoms with Gasteiger partial charge in [-0.05, 0) is 55.3 Å². The quantitative estimate of drug-likeness (QED) is 0.695. The first-order chi connectivity index (χ1) is 14.1. The van der Waals surface area contributed by atoms with Crippen LogP contribution in [0.2, 0.25) is 5.02 Å². The molecule has 4 rings (SSSR count). The smallest absolute Gasteiger partial charge is 0.376 e. The summed E-state index contributed by atoms with van der Waals surface area (Å²) in [5.41, 5.74) is 2.96. The van der Waals surface area contributed by atoms with E-state index in [1.54, 1.807) is 33.3 Å². The van der Waals surface area contributed by atoms with Gasteiger partial charge in [-0.1, -0.05) is 11.6 Å². The van der Waals surface area contributed by atoms with Crippen LogP contribution in [0, 0.1) is 0 Å². The number of carbonyl (C=O) groups is 1. The number of hydrazone groups is 1. The highest BCUT2D eigenvalue weighted by Gasteiger charge is 2.43. The Hall–Kier alpha value is -2.93. The van der Waals surface area contributed by atoms with E-state index in [2.05, 4.69) is 5.10 Å². The molecule has 2 aromatic rings. The molecule has 1 atom stereocenters. The number of carbonyl (C=O) groups excluding carboxylic acids is 1. The summed E-state index contributed by atoms with van der Waals surface area (Å²) in [6.07, 6.45) is 0.457. The molecule has 2 aliphatic rings. The van der Waals surface area contributed by atoms with Crippen molar-refractivity contribution in [2.24, 2.45) is 5.10 Å². The molecule has 2 aliphatic heterocycles. The molecule has 2 heterocycles. The first-order valence-corrected chi connectivity index (χ1v) is 9.77.